The number of hydrazone groups is 1. The lowest BCUT2D eigenvalue weighted by Gasteiger charge is -2.19. The smallest absolute Gasteiger partial charge is 0.338 e. The molecule has 0 bridgehead atoms. The monoisotopic (exact) mass is 438 g/mol. The molecule has 31 heavy (non-hydrogen) atoms. The van der Waals surface area contributed by atoms with E-state index in [1.54, 1.807) is 54.8 Å². The van der Waals surface area contributed by atoms with Crippen molar-refractivity contribution in [1.29, 1.82) is 0 Å². The van der Waals surface area contributed by atoms with Crippen LogP contribution in [-0.2, 0) is 9.53 Å². The van der Waals surface area contributed by atoms with Gasteiger partial charge < -0.3 is 13.9 Å². The summed E-state index contributed by atoms with van der Waals surface area (Å²) in [6.45, 7) is -0.454. The number of hydrogen-bond acceptors (Lipinski definition) is 6. The molecule has 1 atom stereocenters. The summed E-state index contributed by atoms with van der Waals surface area (Å²) in [5.41, 5.74) is 1.86. The van der Waals surface area contributed by atoms with Crippen LogP contribution in [-0.4, -0.2) is 36.3 Å². The lowest BCUT2D eigenvalue weighted by molar-refractivity contribution is -0.136. The van der Waals surface area contributed by atoms with E-state index in [-0.39, 0.29) is 0 Å². The average Bonchev–Trinajstić information content (AvgIpc) is 3.48. The van der Waals surface area contributed by atoms with Crippen molar-refractivity contribution < 1.29 is 23.5 Å². The highest BCUT2D eigenvalue weighted by molar-refractivity contribution is 6.30. The lowest BCUT2D eigenvalue weighted by Crippen LogP contribution is -2.31. The number of ether oxygens (including phenoxy) is 2. The second-order valence-corrected chi connectivity index (χ2v) is 7.27. The van der Waals surface area contributed by atoms with Crippen LogP contribution in [0.2, 0.25) is 5.02 Å². The van der Waals surface area contributed by atoms with Crippen LogP contribution in [0.25, 0.3) is 0 Å². The molecule has 1 aromatic heterocycles. The van der Waals surface area contributed by atoms with Gasteiger partial charge in [0.2, 0.25) is 0 Å². The molecule has 0 spiro atoms. The zero-order chi connectivity index (χ0) is 21.8. The van der Waals surface area contributed by atoms with Crippen molar-refractivity contribution in [2.24, 2.45) is 5.10 Å². The summed E-state index contributed by atoms with van der Waals surface area (Å²) < 4.78 is 15.8. The van der Waals surface area contributed by atoms with Gasteiger partial charge in [0.05, 0.1) is 24.6 Å². The first kappa shape index (κ1) is 20.7. The number of carbonyl (C=O) groups is 2. The third kappa shape index (κ3) is 4.62. The van der Waals surface area contributed by atoms with E-state index in [1.165, 1.54) is 12.1 Å². The molecule has 0 saturated carbocycles. The van der Waals surface area contributed by atoms with Gasteiger partial charge in [0, 0.05) is 11.4 Å². The number of rotatable bonds is 6. The van der Waals surface area contributed by atoms with E-state index in [0.717, 1.165) is 5.56 Å². The Labute approximate surface area is 183 Å². The van der Waals surface area contributed by atoms with Gasteiger partial charge in [0.25, 0.3) is 5.91 Å². The Bertz CT molecular complexity index is 1110. The second-order valence-electron chi connectivity index (χ2n) is 6.84. The summed E-state index contributed by atoms with van der Waals surface area (Å²) in [5.74, 6) is 0.0418. The number of hydrogen-bond donors (Lipinski definition) is 0. The van der Waals surface area contributed by atoms with Gasteiger partial charge in [-0.1, -0.05) is 29.8 Å². The summed E-state index contributed by atoms with van der Waals surface area (Å²) in [7, 11) is 1.51. The SMILES string of the molecule is COc1cccc(C(=O)OCC(=O)N2N=C(c3ccc(Cl)cc3)CC2c2ccco2)c1. The molecule has 0 N–H and O–H groups in total. The van der Waals surface area contributed by atoms with Crippen molar-refractivity contribution >= 4 is 29.2 Å². The third-order valence-corrected chi connectivity index (χ3v) is 5.10. The summed E-state index contributed by atoms with van der Waals surface area (Å²) in [6, 6.07) is 16.9. The first-order chi connectivity index (χ1) is 15.0. The highest BCUT2D eigenvalue weighted by atomic mass is 35.5. The molecule has 3 aromatic rings. The molecule has 1 amide bonds. The molecule has 158 valence electrons. The van der Waals surface area contributed by atoms with Crippen LogP contribution in [0.3, 0.4) is 0 Å². The fourth-order valence-corrected chi connectivity index (χ4v) is 3.41. The minimum Gasteiger partial charge on any atom is -0.497 e. The van der Waals surface area contributed by atoms with E-state index in [1.807, 2.05) is 12.1 Å². The van der Waals surface area contributed by atoms with Crippen molar-refractivity contribution in [2.45, 2.75) is 12.5 Å². The number of halogens is 1. The van der Waals surface area contributed by atoms with Gasteiger partial charge in [0.15, 0.2) is 6.61 Å². The maximum Gasteiger partial charge on any atom is 0.338 e. The van der Waals surface area contributed by atoms with E-state index in [9.17, 15) is 9.59 Å². The summed E-state index contributed by atoms with van der Waals surface area (Å²) in [5, 5.41) is 6.41. The van der Waals surface area contributed by atoms with Crippen molar-refractivity contribution in [3.05, 3.63) is 88.8 Å². The molecule has 0 saturated heterocycles. The topological polar surface area (TPSA) is 81.3 Å². The first-order valence-corrected chi connectivity index (χ1v) is 9.93. The maximum atomic E-state index is 12.9. The van der Waals surface area contributed by atoms with Crippen molar-refractivity contribution in [3.8, 4) is 5.75 Å². The molecule has 0 fully saturated rings. The van der Waals surface area contributed by atoms with Crippen LogP contribution >= 0.6 is 11.6 Å². The van der Waals surface area contributed by atoms with Gasteiger partial charge >= 0.3 is 5.97 Å². The fraction of sp³-hybridized carbons (Fsp3) is 0.174. The predicted octanol–water partition coefficient (Wildman–Crippen LogP) is 4.48. The Morgan fingerprint density at radius 3 is 2.68 bits per heavy atom. The number of furan rings is 1. The van der Waals surface area contributed by atoms with Crippen LogP contribution in [0.15, 0.2) is 76.4 Å². The van der Waals surface area contributed by atoms with Gasteiger partial charge in [-0.25, -0.2) is 9.80 Å². The average molecular weight is 439 g/mol. The summed E-state index contributed by atoms with van der Waals surface area (Å²) >= 11 is 5.97. The van der Waals surface area contributed by atoms with E-state index in [4.69, 9.17) is 25.5 Å². The molecule has 7 nitrogen and oxygen atoms in total. The summed E-state index contributed by atoms with van der Waals surface area (Å²) in [4.78, 5) is 25.2. The van der Waals surface area contributed by atoms with Crippen molar-refractivity contribution in [3.63, 3.8) is 0 Å². The number of esters is 1. The van der Waals surface area contributed by atoms with E-state index < -0.39 is 24.5 Å². The molecule has 0 radical (unpaired) electrons. The number of methoxy groups -OCH3 is 1. The fourth-order valence-electron chi connectivity index (χ4n) is 3.29. The Balaban J connectivity index is 1.50. The minimum absolute atomic E-state index is 0.293. The Kier molecular flexibility index (Phi) is 6.04. The van der Waals surface area contributed by atoms with Crippen molar-refractivity contribution in [1.82, 2.24) is 5.01 Å². The van der Waals surface area contributed by atoms with Gasteiger partial charge in [-0.15, -0.1) is 0 Å². The third-order valence-electron chi connectivity index (χ3n) is 4.85. The number of nitrogens with zero attached hydrogens (tertiary/aromatic N) is 2. The normalized spacial score (nSPS) is 15.5. The first-order valence-electron chi connectivity index (χ1n) is 9.55. The highest BCUT2D eigenvalue weighted by Gasteiger charge is 2.35. The minimum atomic E-state index is -0.622. The zero-order valence-electron chi connectivity index (χ0n) is 16.7. The number of carbonyl (C=O) groups excluding carboxylic acids is 2. The van der Waals surface area contributed by atoms with Gasteiger partial charge in [0.1, 0.15) is 17.6 Å². The molecule has 2 heterocycles. The van der Waals surface area contributed by atoms with E-state index in [2.05, 4.69) is 5.10 Å². The maximum absolute atomic E-state index is 12.9. The number of benzene rings is 2. The van der Waals surface area contributed by atoms with E-state index in [0.29, 0.717) is 34.2 Å². The Hall–Kier alpha value is -3.58. The molecular formula is C23H19ClN2O5. The largest absolute Gasteiger partial charge is 0.497 e. The van der Waals surface area contributed by atoms with Gasteiger partial charge in [-0.3, -0.25) is 4.79 Å². The van der Waals surface area contributed by atoms with Crippen LogP contribution in [0, 0.1) is 0 Å². The Morgan fingerprint density at radius 2 is 1.97 bits per heavy atom. The van der Waals surface area contributed by atoms with Crippen LogP contribution in [0.1, 0.15) is 34.1 Å². The lowest BCUT2D eigenvalue weighted by atomic mass is 10.0. The van der Waals surface area contributed by atoms with Gasteiger partial charge in [-0.05, 0) is 48.0 Å². The highest BCUT2D eigenvalue weighted by Crippen LogP contribution is 2.33. The second kappa shape index (κ2) is 9.06. The van der Waals surface area contributed by atoms with Crippen molar-refractivity contribution in [2.75, 3.05) is 13.7 Å². The van der Waals surface area contributed by atoms with E-state index >= 15 is 0 Å². The predicted molar refractivity (Wildman–Crippen MR) is 114 cm³/mol. The molecule has 2 aromatic carbocycles. The molecule has 8 heteroatoms. The molecular weight excluding hydrogens is 420 g/mol. The molecule has 4 rings (SSSR count). The van der Waals surface area contributed by atoms with Crippen LogP contribution in [0.5, 0.6) is 5.75 Å². The zero-order valence-corrected chi connectivity index (χ0v) is 17.4. The van der Waals surface area contributed by atoms with Crippen LogP contribution in [0.4, 0.5) is 0 Å². The molecule has 0 aliphatic carbocycles. The quantitative estimate of drug-likeness (QED) is 0.530. The summed E-state index contributed by atoms with van der Waals surface area (Å²) in [6.07, 6.45) is 2.01. The molecule has 1 unspecified atom stereocenters. The van der Waals surface area contributed by atoms with Gasteiger partial charge in [-0.2, -0.15) is 5.10 Å². The van der Waals surface area contributed by atoms with Crippen LogP contribution < -0.4 is 4.74 Å². The standard InChI is InChI=1S/C23H19ClN2O5/c1-29-18-5-2-4-16(12-18)23(28)31-14-22(27)26-20(21-6-3-11-30-21)13-19(25-26)15-7-9-17(24)10-8-15/h2-12,20H,13-14H2,1H3. The number of amides is 1. The Morgan fingerprint density at radius 1 is 1.16 bits per heavy atom. The molecule has 1 aliphatic heterocycles. The molecule has 1 aliphatic rings.